The molecular formula is C25H32N4O3S. The molecule has 1 N–H and O–H groups in total. The molecule has 7 nitrogen and oxygen atoms in total. The highest BCUT2D eigenvalue weighted by atomic mass is 32.2. The molecule has 33 heavy (non-hydrogen) atoms. The van der Waals surface area contributed by atoms with Crippen molar-refractivity contribution in [2.75, 3.05) is 12.4 Å². The van der Waals surface area contributed by atoms with Gasteiger partial charge in [0.15, 0.2) is 17.1 Å². The third-order valence-electron chi connectivity index (χ3n) is 4.95. The standard InChI is InChI=1S/C25H32N4O3S/c1-16(2)15-29-23(18(4)32-22-12-8-11-21(14-22)31-6)27-28-25(29)33-19(5)24(30)26-20-10-7-9-17(3)13-20/h7-14,16,18-19H,15H2,1-6H3,(H,26,30). The second kappa shape index (κ2) is 11.2. The Balaban J connectivity index is 1.75. The zero-order valence-electron chi connectivity index (χ0n) is 20.0. The van der Waals surface area contributed by atoms with Crippen LogP contribution in [0.25, 0.3) is 0 Å². The number of carbonyl (C=O) groups excluding carboxylic acids is 1. The summed E-state index contributed by atoms with van der Waals surface area (Å²) in [4.78, 5) is 12.8. The van der Waals surface area contributed by atoms with Gasteiger partial charge in [-0.05, 0) is 56.5 Å². The van der Waals surface area contributed by atoms with Gasteiger partial charge in [0.05, 0.1) is 12.4 Å². The predicted octanol–water partition coefficient (Wildman–Crippen LogP) is 5.51. The van der Waals surface area contributed by atoms with E-state index >= 15 is 0 Å². The van der Waals surface area contributed by atoms with E-state index in [0.29, 0.717) is 16.8 Å². The lowest BCUT2D eigenvalue weighted by molar-refractivity contribution is -0.115. The number of hydrogen-bond acceptors (Lipinski definition) is 6. The van der Waals surface area contributed by atoms with Gasteiger partial charge in [0.25, 0.3) is 0 Å². The first-order valence-electron chi connectivity index (χ1n) is 11.0. The summed E-state index contributed by atoms with van der Waals surface area (Å²) >= 11 is 1.40. The molecule has 0 saturated heterocycles. The van der Waals surface area contributed by atoms with Crippen molar-refractivity contribution in [2.45, 2.75) is 57.7 Å². The van der Waals surface area contributed by atoms with Gasteiger partial charge in [0.2, 0.25) is 5.91 Å². The highest BCUT2D eigenvalue weighted by Crippen LogP contribution is 2.29. The molecule has 0 aliphatic carbocycles. The van der Waals surface area contributed by atoms with Gasteiger partial charge < -0.3 is 19.4 Å². The number of benzene rings is 2. The van der Waals surface area contributed by atoms with Crippen LogP contribution in [0.5, 0.6) is 11.5 Å². The van der Waals surface area contributed by atoms with E-state index in [9.17, 15) is 4.79 Å². The average Bonchev–Trinajstić information content (AvgIpc) is 3.15. The summed E-state index contributed by atoms with van der Waals surface area (Å²) in [7, 11) is 1.63. The van der Waals surface area contributed by atoms with Crippen molar-refractivity contribution < 1.29 is 14.3 Å². The SMILES string of the molecule is COc1cccc(OC(C)c2nnc(SC(C)C(=O)Nc3cccc(C)c3)n2CC(C)C)c1. The fraction of sp³-hybridized carbons (Fsp3) is 0.400. The van der Waals surface area contributed by atoms with Gasteiger partial charge in [-0.3, -0.25) is 4.79 Å². The van der Waals surface area contributed by atoms with E-state index < -0.39 is 0 Å². The van der Waals surface area contributed by atoms with Gasteiger partial charge in [-0.15, -0.1) is 10.2 Å². The first-order valence-corrected chi connectivity index (χ1v) is 11.9. The molecule has 2 aromatic carbocycles. The minimum absolute atomic E-state index is 0.0769. The largest absolute Gasteiger partial charge is 0.497 e. The van der Waals surface area contributed by atoms with E-state index in [0.717, 1.165) is 29.4 Å². The molecule has 0 saturated carbocycles. The number of amides is 1. The normalized spacial score (nSPS) is 12.9. The van der Waals surface area contributed by atoms with Crippen LogP contribution in [0.4, 0.5) is 5.69 Å². The molecule has 1 aromatic heterocycles. The number of ether oxygens (including phenoxy) is 2. The lowest BCUT2D eigenvalue weighted by Gasteiger charge is -2.19. The Kier molecular flexibility index (Phi) is 8.38. The maximum atomic E-state index is 12.8. The average molecular weight is 469 g/mol. The van der Waals surface area contributed by atoms with Crippen LogP contribution in [0.1, 0.15) is 45.2 Å². The van der Waals surface area contributed by atoms with Crippen LogP contribution < -0.4 is 14.8 Å². The molecule has 0 aliphatic rings. The molecule has 2 unspecified atom stereocenters. The summed E-state index contributed by atoms with van der Waals surface area (Å²) in [6.07, 6.45) is -0.325. The molecule has 176 valence electrons. The molecule has 3 aromatic rings. The van der Waals surface area contributed by atoms with Gasteiger partial charge in [0, 0.05) is 18.3 Å². The number of aromatic nitrogens is 3. The molecule has 0 radical (unpaired) electrons. The zero-order valence-corrected chi connectivity index (χ0v) is 20.8. The van der Waals surface area contributed by atoms with Crippen LogP contribution in [-0.2, 0) is 11.3 Å². The topological polar surface area (TPSA) is 78.3 Å². The third kappa shape index (κ3) is 6.74. The van der Waals surface area contributed by atoms with Crippen LogP contribution in [-0.4, -0.2) is 33.0 Å². The Labute approximate surface area is 199 Å². The molecule has 3 rings (SSSR count). The zero-order chi connectivity index (χ0) is 24.0. The summed E-state index contributed by atoms with van der Waals surface area (Å²) in [6, 6.07) is 15.2. The Morgan fingerprint density at radius 1 is 1.06 bits per heavy atom. The van der Waals surface area contributed by atoms with E-state index in [2.05, 4.69) is 33.9 Å². The number of aryl methyl sites for hydroxylation is 1. The second-order valence-corrected chi connectivity index (χ2v) is 9.71. The van der Waals surface area contributed by atoms with Crippen LogP contribution in [0, 0.1) is 12.8 Å². The number of rotatable bonds is 10. The second-order valence-electron chi connectivity index (χ2n) is 8.40. The number of methoxy groups -OCH3 is 1. The van der Waals surface area contributed by atoms with Gasteiger partial charge in [0.1, 0.15) is 11.5 Å². The summed E-state index contributed by atoms with van der Waals surface area (Å²) in [5.74, 6) is 2.45. The van der Waals surface area contributed by atoms with Crippen molar-refractivity contribution in [1.29, 1.82) is 0 Å². The van der Waals surface area contributed by atoms with Gasteiger partial charge in [-0.2, -0.15) is 0 Å². The van der Waals surface area contributed by atoms with Crippen LogP contribution in [0.3, 0.4) is 0 Å². The van der Waals surface area contributed by atoms with E-state index in [4.69, 9.17) is 9.47 Å². The Morgan fingerprint density at radius 3 is 2.48 bits per heavy atom. The summed E-state index contributed by atoms with van der Waals surface area (Å²) in [6.45, 7) is 10.8. The van der Waals surface area contributed by atoms with E-state index in [1.165, 1.54) is 11.8 Å². The molecule has 0 spiro atoms. The van der Waals surface area contributed by atoms with Crippen molar-refractivity contribution in [3.63, 3.8) is 0 Å². The van der Waals surface area contributed by atoms with Gasteiger partial charge >= 0.3 is 0 Å². The highest BCUT2D eigenvalue weighted by Gasteiger charge is 2.24. The van der Waals surface area contributed by atoms with Gasteiger partial charge in [-0.1, -0.05) is 43.8 Å². The predicted molar refractivity (Wildman–Crippen MR) is 132 cm³/mol. The molecular weight excluding hydrogens is 436 g/mol. The maximum absolute atomic E-state index is 12.8. The first kappa shape index (κ1) is 24.6. The minimum Gasteiger partial charge on any atom is -0.497 e. The number of anilines is 1. The van der Waals surface area contributed by atoms with Crippen molar-refractivity contribution >= 4 is 23.4 Å². The monoisotopic (exact) mass is 468 g/mol. The third-order valence-corrected chi connectivity index (χ3v) is 6.03. The van der Waals surface area contributed by atoms with Gasteiger partial charge in [-0.25, -0.2) is 0 Å². The number of nitrogens with zero attached hydrogens (tertiary/aromatic N) is 3. The lowest BCUT2D eigenvalue weighted by atomic mass is 10.2. The Hall–Kier alpha value is -3.00. The van der Waals surface area contributed by atoms with Crippen LogP contribution in [0.15, 0.2) is 53.7 Å². The maximum Gasteiger partial charge on any atom is 0.237 e. The quantitative estimate of drug-likeness (QED) is 0.395. The summed E-state index contributed by atoms with van der Waals surface area (Å²) in [5.41, 5.74) is 1.89. The number of nitrogens with one attached hydrogen (secondary N) is 1. The Bertz CT molecular complexity index is 1080. The molecule has 1 amide bonds. The molecule has 8 heteroatoms. The fourth-order valence-corrected chi connectivity index (χ4v) is 4.20. The molecule has 0 bridgehead atoms. The summed E-state index contributed by atoms with van der Waals surface area (Å²) in [5, 5.41) is 12.2. The highest BCUT2D eigenvalue weighted by molar-refractivity contribution is 8.00. The van der Waals surface area contributed by atoms with Crippen molar-refractivity contribution in [3.8, 4) is 11.5 Å². The number of hydrogen-bond donors (Lipinski definition) is 1. The number of thioether (sulfide) groups is 1. The van der Waals surface area contributed by atoms with Crippen LogP contribution >= 0.6 is 11.8 Å². The number of carbonyl (C=O) groups is 1. The van der Waals surface area contributed by atoms with E-state index in [-0.39, 0.29) is 17.3 Å². The van der Waals surface area contributed by atoms with E-state index in [1.807, 2.05) is 69.3 Å². The molecule has 1 heterocycles. The minimum atomic E-state index is -0.344. The van der Waals surface area contributed by atoms with Crippen LogP contribution in [0.2, 0.25) is 0 Å². The first-order chi connectivity index (χ1) is 15.8. The van der Waals surface area contributed by atoms with Crippen molar-refractivity contribution in [1.82, 2.24) is 14.8 Å². The van der Waals surface area contributed by atoms with E-state index in [1.54, 1.807) is 7.11 Å². The lowest BCUT2D eigenvalue weighted by Crippen LogP contribution is -2.23. The molecule has 0 aliphatic heterocycles. The summed E-state index contributed by atoms with van der Waals surface area (Å²) < 4.78 is 13.5. The molecule has 2 atom stereocenters. The Morgan fingerprint density at radius 2 is 1.79 bits per heavy atom. The van der Waals surface area contributed by atoms with Crippen molar-refractivity contribution in [2.24, 2.45) is 5.92 Å². The fourth-order valence-electron chi connectivity index (χ4n) is 3.33. The molecule has 0 fully saturated rings. The smallest absolute Gasteiger partial charge is 0.237 e. The van der Waals surface area contributed by atoms with Crippen molar-refractivity contribution in [3.05, 3.63) is 59.9 Å².